The van der Waals surface area contributed by atoms with Crippen molar-refractivity contribution in [2.24, 2.45) is 0 Å². The summed E-state index contributed by atoms with van der Waals surface area (Å²) in [5, 5.41) is 5.34. The first-order valence-electron chi connectivity index (χ1n) is 12.4. The predicted octanol–water partition coefficient (Wildman–Crippen LogP) is 4.82. The first kappa shape index (κ1) is 27.4. The van der Waals surface area contributed by atoms with Crippen LogP contribution in [0.15, 0.2) is 72.9 Å². The molecule has 2 aromatic heterocycles. The number of methoxy groups -OCH3 is 1. The van der Waals surface area contributed by atoms with Gasteiger partial charge in [0.15, 0.2) is 0 Å². The van der Waals surface area contributed by atoms with E-state index in [-0.39, 0.29) is 17.2 Å². The lowest BCUT2D eigenvalue weighted by molar-refractivity contribution is -0.205. The number of nitrogens with one attached hydrogen (secondary N) is 3. The molecule has 210 valence electrons. The van der Waals surface area contributed by atoms with E-state index in [2.05, 4.69) is 25.3 Å². The van der Waals surface area contributed by atoms with Gasteiger partial charge in [0.05, 0.1) is 18.4 Å². The molecule has 5 rings (SSSR count). The van der Waals surface area contributed by atoms with Crippen LogP contribution in [0.3, 0.4) is 0 Å². The highest BCUT2D eigenvalue weighted by atomic mass is 19.4. The molecule has 0 fully saturated rings. The fourth-order valence-corrected chi connectivity index (χ4v) is 4.39. The molecule has 3 N–H and O–H groups in total. The van der Waals surface area contributed by atoms with Crippen LogP contribution < -0.4 is 15.4 Å². The van der Waals surface area contributed by atoms with Crippen molar-refractivity contribution in [3.8, 4) is 28.3 Å². The third-order valence-electron chi connectivity index (χ3n) is 6.41. The average Bonchev–Trinajstić information content (AvgIpc) is 3.41. The maximum absolute atomic E-state index is 13.1. The van der Waals surface area contributed by atoms with Crippen molar-refractivity contribution < 1.29 is 37.0 Å². The van der Waals surface area contributed by atoms with Crippen molar-refractivity contribution in [3.63, 3.8) is 0 Å². The van der Waals surface area contributed by atoms with Gasteiger partial charge in [0, 0.05) is 52.9 Å². The van der Waals surface area contributed by atoms with E-state index in [1.165, 1.54) is 31.4 Å². The molecule has 0 radical (unpaired) electrons. The summed E-state index contributed by atoms with van der Waals surface area (Å²) in [4.78, 5) is 44.6. The number of amides is 2. The average molecular weight is 565 g/mol. The zero-order valence-electron chi connectivity index (χ0n) is 21.5. The molecule has 3 heterocycles. The Morgan fingerprint density at radius 3 is 2.51 bits per heavy atom. The van der Waals surface area contributed by atoms with E-state index in [9.17, 15) is 27.6 Å². The number of rotatable bonds is 7. The Hall–Kier alpha value is -5.13. The topological polar surface area (TPSA) is 122 Å². The number of hydrogen-bond donors (Lipinski definition) is 3. The lowest BCUT2D eigenvalue weighted by Crippen LogP contribution is -2.32. The number of aromatic nitrogens is 2. The van der Waals surface area contributed by atoms with E-state index < -0.39 is 24.2 Å². The first-order chi connectivity index (χ1) is 19.6. The van der Waals surface area contributed by atoms with Gasteiger partial charge in [0.25, 0.3) is 11.8 Å². The van der Waals surface area contributed by atoms with Crippen LogP contribution in [0, 0.1) is 0 Å². The van der Waals surface area contributed by atoms with Crippen molar-refractivity contribution in [1.29, 1.82) is 0 Å². The van der Waals surface area contributed by atoms with E-state index in [4.69, 9.17) is 4.74 Å². The smallest absolute Gasteiger partial charge is 0.490 e. The van der Waals surface area contributed by atoms with Gasteiger partial charge in [-0.3, -0.25) is 14.6 Å². The van der Waals surface area contributed by atoms with Crippen LogP contribution >= 0.6 is 0 Å². The molecule has 1 aliphatic heterocycles. The van der Waals surface area contributed by atoms with Crippen LogP contribution in [-0.2, 0) is 20.7 Å². The number of halogens is 3. The number of H-pyrrole nitrogens is 1. The SMILES string of the molecule is COc1ccc(C(OC(=O)C(F)(F)F)C(=O)Nc2cccc(-c3cc(-c4cc5c([nH]4)CCNC5=O)ccn3)c2)cc1. The molecular weight excluding hydrogens is 541 g/mol. The minimum atomic E-state index is -5.29. The van der Waals surface area contributed by atoms with Gasteiger partial charge < -0.3 is 25.1 Å². The second-order valence-electron chi connectivity index (χ2n) is 9.14. The van der Waals surface area contributed by atoms with Gasteiger partial charge in [-0.05, 0) is 42.5 Å². The standard InChI is InChI=1S/C29H23F3N4O5/c1-40-20-7-5-16(6-8-20)25(41-28(39)29(30,31)32)27(38)35-19-4-2-3-17(13-19)23-14-18(9-11-33-23)24-15-21-22(36-24)10-12-34-26(21)37/h2-9,11,13-15,25,36H,10,12H2,1H3,(H,34,37)(H,35,38). The summed E-state index contributed by atoms with van der Waals surface area (Å²) in [5.74, 6) is -3.21. The Kier molecular flexibility index (Phi) is 7.47. The second kappa shape index (κ2) is 11.2. The number of alkyl halides is 3. The summed E-state index contributed by atoms with van der Waals surface area (Å²) in [7, 11) is 1.41. The molecule has 12 heteroatoms. The summed E-state index contributed by atoms with van der Waals surface area (Å²) >= 11 is 0. The highest BCUT2D eigenvalue weighted by molar-refractivity contribution is 5.98. The molecule has 9 nitrogen and oxygen atoms in total. The molecule has 1 atom stereocenters. The van der Waals surface area contributed by atoms with E-state index in [1.54, 1.807) is 48.7 Å². The van der Waals surface area contributed by atoms with Crippen molar-refractivity contribution in [3.05, 3.63) is 89.7 Å². The number of fused-ring (bicyclic) bond motifs is 1. The van der Waals surface area contributed by atoms with E-state index in [0.717, 1.165) is 17.0 Å². The molecule has 0 saturated heterocycles. The van der Waals surface area contributed by atoms with Crippen LogP contribution in [0.1, 0.15) is 27.7 Å². The molecule has 41 heavy (non-hydrogen) atoms. The molecule has 0 aliphatic carbocycles. The summed E-state index contributed by atoms with van der Waals surface area (Å²) in [6.07, 6.45) is -4.87. The monoisotopic (exact) mass is 564 g/mol. The number of carbonyl (C=O) groups is 3. The van der Waals surface area contributed by atoms with E-state index in [1.807, 2.05) is 0 Å². The number of carbonyl (C=O) groups excluding carboxylic acids is 3. The van der Waals surface area contributed by atoms with Gasteiger partial charge in [0.2, 0.25) is 6.10 Å². The molecule has 0 bridgehead atoms. The number of hydrogen-bond acceptors (Lipinski definition) is 6. The highest BCUT2D eigenvalue weighted by Crippen LogP contribution is 2.30. The Bertz CT molecular complexity index is 1620. The Labute approximate surface area is 231 Å². The highest BCUT2D eigenvalue weighted by Gasteiger charge is 2.43. The lowest BCUT2D eigenvalue weighted by Gasteiger charge is -2.19. The van der Waals surface area contributed by atoms with Crippen LogP contribution in [0.2, 0.25) is 0 Å². The number of aromatic amines is 1. The molecule has 1 aliphatic rings. The van der Waals surface area contributed by atoms with Crippen LogP contribution in [0.25, 0.3) is 22.5 Å². The van der Waals surface area contributed by atoms with Gasteiger partial charge >= 0.3 is 12.1 Å². The van der Waals surface area contributed by atoms with Gasteiger partial charge in [-0.2, -0.15) is 13.2 Å². The Balaban J connectivity index is 1.39. The summed E-state index contributed by atoms with van der Waals surface area (Å²) < 4.78 is 48.5. The Morgan fingerprint density at radius 2 is 1.80 bits per heavy atom. The fraction of sp³-hybridized carbons (Fsp3) is 0.172. The molecule has 0 saturated carbocycles. The van der Waals surface area contributed by atoms with Gasteiger partial charge in [-0.25, -0.2) is 4.79 Å². The lowest BCUT2D eigenvalue weighted by atomic mass is 10.1. The van der Waals surface area contributed by atoms with Crippen molar-refractivity contribution in [2.75, 3.05) is 19.0 Å². The molecule has 1 unspecified atom stereocenters. The quantitative estimate of drug-likeness (QED) is 0.277. The number of ether oxygens (including phenoxy) is 2. The molecular formula is C29H23F3N4O5. The molecule has 0 spiro atoms. The zero-order chi connectivity index (χ0) is 29.1. The maximum Gasteiger partial charge on any atom is 0.490 e. The van der Waals surface area contributed by atoms with Crippen LogP contribution in [0.4, 0.5) is 18.9 Å². The number of anilines is 1. The number of benzene rings is 2. The molecule has 4 aromatic rings. The van der Waals surface area contributed by atoms with Crippen LogP contribution in [-0.4, -0.2) is 47.6 Å². The third-order valence-corrected chi connectivity index (χ3v) is 6.41. The maximum atomic E-state index is 13.1. The third kappa shape index (κ3) is 6.06. The summed E-state index contributed by atoms with van der Waals surface area (Å²) in [5.41, 5.74) is 4.38. The Morgan fingerprint density at radius 1 is 1.02 bits per heavy atom. The summed E-state index contributed by atoms with van der Waals surface area (Å²) in [6, 6.07) is 17.4. The van der Waals surface area contributed by atoms with Crippen molar-refractivity contribution >= 4 is 23.5 Å². The second-order valence-corrected chi connectivity index (χ2v) is 9.14. The van der Waals surface area contributed by atoms with Gasteiger partial charge in [0.1, 0.15) is 5.75 Å². The number of pyridine rings is 1. The van der Waals surface area contributed by atoms with E-state index in [0.29, 0.717) is 35.5 Å². The minimum absolute atomic E-state index is 0.0220. The van der Waals surface area contributed by atoms with Crippen molar-refractivity contribution in [2.45, 2.75) is 18.7 Å². The van der Waals surface area contributed by atoms with Crippen LogP contribution in [0.5, 0.6) is 5.75 Å². The number of esters is 1. The fourth-order valence-electron chi connectivity index (χ4n) is 4.39. The summed E-state index contributed by atoms with van der Waals surface area (Å²) in [6.45, 7) is 0.556. The van der Waals surface area contributed by atoms with Crippen molar-refractivity contribution in [1.82, 2.24) is 15.3 Å². The molecule has 2 amide bonds. The normalized spacial score (nSPS) is 13.5. The first-order valence-corrected chi connectivity index (χ1v) is 12.4. The largest absolute Gasteiger partial charge is 0.497 e. The molecule has 2 aromatic carbocycles. The predicted molar refractivity (Wildman–Crippen MR) is 142 cm³/mol. The van der Waals surface area contributed by atoms with Gasteiger partial charge in [-0.1, -0.05) is 24.3 Å². The van der Waals surface area contributed by atoms with Gasteiger partial charge in [-0.15, -0.1) is 0 Å². The number of nitrogens with zero attached hydrogens (tertiary/aromatic N) is 1. The zero-order valence-corrected chi connectivity index (χ0v) is 21.5. The minimum Gasteiger partial charge on any atom is -0.497 e. The van der Waals surface area contributed by atoms with E-state index >= 15 is 0 Å².